The highest BCUT2D eigenvalue weighted by Gasteiger charge is 2.24. The van der Waals surface area contributed by atoms with Crippen molar-refractivity contribution in [1.29, 1.82) is 0 Å². The maximum Gasteiger partial charge on any atom is 0.338 e. The second-order valence-corrected chi connectivity index (χ2v) is 7.38. The smallest absolute Gasteiger partial charge is 0.338 e. The van der Waals surface area contributed by atoms with Gasteiger partial charge in [-0.25, -0.2) is 9.80 Å². The lowest BCUT2D eigenvalue weighted by molar-refractivity contribution is -0.130. The van der Waals surface area contributed by atoms with E-state index in [4.69, 9.17) is 4.74 Å². The van der Waals surface area contributed by atoms with Gasteiger partial charge in [0.2, 0.25) is 11.8 Å². The van der Waals surface area contributed by atoms with Crippen LogP contribution in [-0.2, 0) is 19.1 Å². The van der Waals surface area contributed by atoms with Crippen molar-refractivity contribution in [2.45, 2.75) is 12.8 Å². The average Bonchev–Trinajstić information content (AvgIpc) is 2.85. The van der Waals surface area contributed by atoms with Gasteiger partial charge in [-0.2, -0.15) is 0 Å². The molecule has 166 valence electrons. The van der Waals surface area contributed by atoms with Gasteiger partial charge in [0, 0.05) is 18.5 Å². The van der Waals surface area contributed by atoms with E-state index in [1.54, 1.807) is 12.1 Å². The van der Waals surface area contributed by atoms with Crippen LogP contribution in [0.15, 0.2) is 78.9 Å². The number of anilines is 2. The molecule has 8 heteroatoms. The topological polar surface area (TPSA) is 105 Å². The zero-order chi connectivity index (χ0) is 23.2. The third-order valence-corrected chi connectivity index (χ3v) is 5.02. The van der Waals surface area contributed by atoms with E-state index in [1.807, 2.05) is 42.5 Å². The summed E-state index contributed by atoms with van der Waals surface area (Å²) in [5, 5.41) is 3.84. The van der Waals surface area contributed by atoms with Crippen molar-refractivity contribution in [3.8, 4) is 11.1 Å². The zero-order valence-electron chi connectivity index (χ0n) is 17.6. The van der Waals surface area contributed by atoms with E-state index in [1.165, 1.54) is 24.3 Å². The second kappa shape index (κ2) is 9.78. The molecular weight excluding hydrogens is 422 g/mol. The number of hydrogen-bond acceptors (Lipinski definition) is 5. The minimum absolute atomic E-state index is 0.125. The summed E-state index contributed by atoms with van der Waals surface area (Å²) in [6.07, 6.45) is 0.276. The third-order valence-electron chi connectivity index (χ3n) is 5.02. The van der Waals surface area contributed by atoms with Gasteiger partial charge in [-0.05, 0) is 47.5 Å². The number of benzene rings is 3. The summed E-state index contributed by atoms with van der Waals surface area (Å²) >= 11 is 0. The zero-order valence-corrected chi connectivity index (χ0v) is 17.6. The molecule has 0 spiro atoms. The minimum atomic E-state index is -0.676. The number of nitrogens with zero attached hydrogens (tertiary/aromatic N) is 1. The fourth-order valence-corrected chi connectivity index (χ4v) is 3.32. The molecule has 0 unspecified atom stereocenters. The Bertz CT molecular complexity index is 1170. The van der Waals surface area contributed by atoms with Gasteiger partial charge < -0.3 is 10.1 Å². The summed E-state index contributed by atoms with van der Waals surface area (Å²) < 4.78 is 5.08. The standard InChI is InChI=1S/C25H21N3O5/c29-22-14-15-24(31)28(27-22)21-12-8-19(9-13-21)25(32)33-16-23(30)26-20-10-6-18(7-11-20)17-4-2-1-3-5-17/h1-13H,14-16H2,(H,26,30)(H,27,29). The fourth-order valence-electron chi connectivity index (χ4n) is 3.32. The molecule has 4 rings (SSSR count). The van der Waals surface area contributed by atoms with Crippen LogP contribution in [0.1, 0.15) is 23.2 Å². The van der Waals surface area contributed by atoms with Gasteiger partial charge in [0.25, 0.3) is 5.91 Å². The Hall–Kier alpha value is -4.46. The molecule has 0 aromatic heterocycles. The summed E-state index contributed by atoms with van der Waals surface area (Å²) in [7, 11) is 0. The Balaban J connectivity index is 1.29. The molecule has 1 aliphatic rings. The molecule has 1 saturated heterocycles. The van der Waals surface area contributed by atoms with E-state index >= 15 is 0 Å². The highest BCUT2D eigenvalue weighted by atomic mass is 16.5. The molecule has 3 amide bonds. The summed E-state index contributed by atoms with van der Waals surface area (Å²) in [5.74, 6) is -1.63. The molecule has 3 aromatic rings. The highest BCUT2D eigenvalue weighted by molar-refractivity contribution is 6.01. The van der Waals surface area contributed by atoms with E-state index in [9.17, 15) is 19.2 Å². The molecule has 1 fully saturated rings. The van der Waals surface area contributed by atoms with Crippen molar-refractivity contribution in [3.63, 3.8) is 0 Å². The number of hydrogen-bond donors (Lipinski definition) is 2. The van der Waals surface area contributed by atoms with Crippen LogP contribution in [0.3, 0.4) is 0 Å². The van der Waals surface area contributed by atoms with Crippen LogP contribution in [0, 0.1) is 0 Å². The molecule has 0 atom stereocenters. The highest BCUT2D eigenvalue weighted by Crippen LogP contribution is 2.21. The molecule has 8 nitrogen and oxygen atoms in total. The minimum Gasteiger partial charge on any atom is -0.452 e. The summed E-state index contributed by atoms with van der Waals surface area (Å²) in [5.41, 5.74) is 5.82. The largest absolute Gasteiger partial charge is 0.452 e. The van der Waals surface area contributed by atoms with Crippen molar-refractivity contribution in [2.75, 3.05) is 16.9 Å². The lowest BCUT2D eigenvalue weighted by Gasteiger charge is -2.27. The van der Waals surface area contributed by atoms with Gasteiger partial charge in [0.15, 0.2) is 6.61 Å². The molecule has 1 aliphatic heterocycles. The number of nitrogens with one attached hydrogen (secondary N) is 2. The molecule has 0 aliphatic carbocycles. The molecule has 33 heavy (non-hydrogen) atoms. The molecule has 0 radical (unpaired) electrons. The normalized spacial score (nSPS) is 13.3. The van der Waals surface area contributed by atoms with Crippen LogP contribution in [0.2, 0.25) is 0 Å². The molecule has 0 saturated carbocycles. The van der Waals surface area contributed by atoms with E-state index < -0.39 is 18.5 Å². The number of carbonyl (C=O) groups excluding carboxylic acids is 4. The predicted octanol–water partition coefficient (Wildman–Crippen LogP) is 3.31. The molecular formula is C25H21N3O5. The molecule has 3 aromatic carbocycles. The van der Waals surface area contributed by atoms with E-state index in [2.05, 4.69) is 10.7 Å². The van der Waals surface area contributed by atoms with Crippen LogP contribution < -0.4 is 15.8 Å². The number of carbonyl (C=O) groups is 4. The molecule has 2 N–H and O–H groups in total. The van der Waals surface area contributed by atoms with E-state index in [-0.39, 0.29) is 30.2 Å². The van der Waals surface area contributed by atoms with Gasteiger partial charge in [0.1, 0.15) is 0 Å². The SMILES string of the molecule is O=C(COC(=O)c1ccc(N2NC(=O)CCC2=O)cc1)Nc1ccc(-c2ccccc2)cc1. The Morgan fingerprint density at radius 1 is 0.848 bits per heavy atom. The van der Waals surface area contributed by atoms with Crippen molar-refractivity contribution in [2.24, 2.45) is 0 Å². The number of ether oxygens (including phenoxy) is 1. The Labute approximate surface area is 190 Å². The van der Waals surface area contributed by atoms with Gasteiger partial charge in [-0.15, -0.1) is 0 Å². The summed E-state index contributed by atoms with van der Waals surface area (Å²) in [4.78, 5) is 47.9. The third kappa shape index (κ3) is 5.43. The first kappa shape index (κ1) is 21.8. The van der Waals surface area contributed by atoms with Crippen LogP contribution in [-0.4, -0.2) is 30.3 Å². The first-order chi connectivity index (χ1) is 16.0. The van der Waals surface area contributed by atoms with Gasteiger partial charge >= 0.3 is 5.97 Å². The number of rotatable bonds is 6. The second-order valence-electron chi connectivity index (χ2n) is 7.38. The molecule has 0 bridgehead atoms. The first-order valence-corrected chi connectivity index (χ1v) is 10.3. The van der Waals surface area contributed by atoms with E-state index in [0.717, 1.165) is 16.1 Å². The summed E-state index contributed by atoms with van der Waals surface area (Å²) in [6.45, 7) is -0.443. The predicted molar refractivity (Wildman–Crippen MR) is 122 cm³/mol. The van der Waals surface area contributed by atoms with Crippen molar-refractivity contribution >= 4 is 35.1 Å². The Morgan fingerprint density at radius 3 is 2.21 bits per heavy atom. The lowest BCUT2D eigenvalue weighted by atomic mass is 10.1. The number of amides is 3. The fraction of sp³-hybridized carbons (Fsp3) is 0.120. The summed E-state index contributed by atoms with van der Waals surface area (Å²) in [6, 6.07) is 23.2. The first-order valence-electron chi connectivity index (χ1n) is 10.3. The van der Waals surface area contributed by atoms with Gasteiger partial charge in [-0.1, -0.05) is 42.5 Å². The lowest BCUT2D eigenvalue weighted by Crippen LogP contribution is -2.50. The molecule has 1 heterocycles. The number of esters is 1. The maximum atomic E-state index is 12.3. The van der Waals surface area contributed by atoms with Crippen LogP contribution >= 0.6 is 0 Å². The average molecular weight is 443 g/mol. The van der Waals surface area contributed by atoms with Crippen LogP contribution in [0.25, 0.3) is 11.1 Å². The van der Waals surface area contributed by atoms with Crippen LogP contribution in [0.5, 0.6) is 0 Å². The quantitative estimate of drug-likeness (QED) is 0.569. The van der Waals surface area contributed by atoms with E-state index in [0.29, 0.717) is 11.4 Å². The van der Waals surface area contributed by atoms with Gasteiger partial charge in [0.05, 0.1) is 11.3 Å². The van der Waals surface area contributed by atoms with Crippen molar-refractivity contribution in [1.82, 2.24) is 5.43 Å². The Kier molecular flexibility index (Phi) is 6.45. The maximum absolute atomic E-state index is 12.3. The van der Waals surface area contributed by atoms with Gasteiger partial charge in [-0.3, -0.25) is 19.8 Å². The van der Waals surface area contributed by atoms with Crippen molar-refractivity contribution in [3.05, 3.63) is 84.4 Å². The monoisotopic (exact) mass is 443 g/mol. The van der Waals surface area contributed by atoms with Crippen LogP contribution in [0.4, 0.5) is 11.4 Å². The number of hydrazine groups is 1. The Morgan fingerprint density at radius 2 is 1.52 bits per heavy atom. The van der Waals surface area contributed by atoms with Crippen molar-refractivity contribution < 1.29 is 23.9 Å².